The maximum Gasteiger partial charge on any atom is 0.135 e. The average Bonchev–Trinajstić information content (AvgIpc) is 3.25. The van der Waals surface area contributed by atoms with Gasteiger partial charge in [-0.1, -0.05) is 29.3 Å². The van der Waals surface area contributed by atoms with Gasteiger partial charge < -0.3 is 14.6 Å². The van der Waals surface area contributed by atoms with Crippen molar-refractivity contribution >= 4 is 40.3 Å². The Balaban J connectivity index is 1.76. The van der Waals surface area contributed by atoms with Crippen molar-refractivity contribution in [3.8, 4) is 5.75 Å². The molecule has 33 heavy (non-hydrogen) atoms. The summed E-state index contributed by atoms with van der Waals surface area (Å²) in [7, 11) is 0. The molecule has 1 aromatic heterocycles. The van der Waals surface area contributed by atoms with Crippen LogP contribution >= 0.6 is 23.2 Å². The third-order valence-electron chi connectivity index (χ3n) is 5.31. The van der Waals surface area contributed by atoms with E-state index >= 15 is 0 Å². The molecule has 0 amide bonds. The van der Waals surface area contributed by atoms with E-state index in [9.17, 15) is 23.1 Å². The molecule has 1 aliphatic rings. The maximum absolute atomic E-state index is 14.1. The van der Waals surface area contributed by atoms with Crippen molar-refractivity contribution in [1.29, 1.82) is 0 Å². The summed E-state index contributed by atoms with van der Waals surface area (Å²) in [6.07, 6.45) is 2.00. The molecule has 4 nitrogen and oxygen atoms in total. The van der Waals surface area contributed by atoms with Crippen LogP contribution in [0.15, 0.2) is 42.5 Å². The lowest BCUT2D eigenvalue weighted by molar-refractivity contribution is -0.255. The van der Waals surface area contributed by atoms with Gasteiger partial charge in [0.15, 0.2) is 0 Å². The number of carbonyl (C=O) groups excluding carboxylic acids is 1. The van der Waals surface area contributed by atoms with Crippen molar-refractivity contribution in [3.63, 3.8) is 0 Å². The second-order valence-electron chi connectivity index (χ2n) is 7.41. The highest BCUT2D eigenvalue weighted by Crippen LogP contribution is 2.44. The Morgan fingerprint density at radius 3 is 2.36 bits per heavy atom. The first-order valence-corrected chi connectivity index (χ1v) is 10.7. The molecule has 0 N–H and O–H groups in total. The molecule has 0 radical (unpaired) electrons. The first-order valence-electron chi connectivity index (χ1n) is 9.91. The predicted octanol–water partition coefficient (Wildman–Crippen LogP) is 5.84. The molecular weight excluding hydrogens is 478 g/mol. The number of carboxylic acid groups (broad SMARTS) is 1. The van der Waals surface area contributed by atoms with Crippen LogP contribution in [0.2, 0.25) is 10.0 Å². The van der Waals surface area contributed by atoms with Gasteiger partial charge in [-0.3, -0.25) is 0 Å². The highest BCUT2D eigenvalue weighted by molar-refractivity contribution is 6.42. The summed E-state index contributed by atoms with van der Waals surface area (Å²) >= 11 is 12.4. The van der Waals surface area contributed by atoms with E-state index in [0.29, 0.717) is 36.2 Å². The quantitative estimate of drug-likeness (QED) is 0.433. The van der Waals surface area contributed by atoms with Crippen LogP contribution in [0.5, 0.6) is 5.75 Å². The number of nitrogens with zero attached hydrogens (tertiary/aromatic N) is 1. The van der Waals surface area contributed by atoms with Gasteiger partial charge in [-0.15, -0.1) is 0 Å². The van der Waals surface area contributed by atoms with Crippen LogP contribution in [-0.4, -0.2) is 11.0 Å². The number of carboxylic acids is 1. The number of benzene rings is 2. The fourth-order valence-corrected chi connectivity index (χ4v) is 4.10. The largest absolute Gasteiger partial charge is 0.543 e. The van der Waals surface area contributed by atoms with E-state index < -0.39 is 35.6 Å². The molecule has 1 heterocycles. The molecule has 3 aromatic rings. The van der Waals surface area contributed by atoms with Gasteiger partial charge in [0.1, 0.15) is 29.8 Å². The zero-order valence-electron chi connectivity index (χ0n) is 16.9. The van der Waals surface area contributed by atoms with Crippen molar-refractivity contribution in [2.45, 2.75) is 25.9 Å². The van der Waals surface area contributed by atoms with E-state index in [1.165, 1.54) is 12.1 Å². The third kappa shape index (κ3) is 4.84. The summed E-state index contributed by atoms with van der Waals surface area (Å²) < 4.78 is 47.1. The second kappa shape index (κ2) is 9.45. The monoisotopic (exact) mass is 492 g/mol. The van der Waals surface area contributed by atoms with Crippen molar-refractivity contribution in [2.75, 3.05) is 0 Å². The minimum Gasteiger partial charge on any atom is -0.543 e. The summed E-state index contributed by atoms with van der Waals surface area (Å²) in [5.74, 6) is -4.34. The molecule has 0 fully saturated rings. The molecule has 0 atom stereocenters. The SMILES string of the molecule is O=C([O-])c1cccc(C2=C(c3cc(Cl)c(Cl)cc3OCc3c(F)cc(F)cc3F)CCC2)n1. The van der Waals surface area contributed by atoms with Crippen molar-refractivity contribution in [1.82, 2.24) is 4.98 Å². The molecule has 0 unspecified atom stereocenters. The van der Waals surface area contributed by atoms with Crippen molar-refractivity contribution in [2.24, 2.45) is 0 Å². The Labute approximate surface area is 197 Å². The summed E-state index contributed by atoms with van der Waals surface area (Å²) in [4.78, 5) is 15.4. The normalized spacial score (nSPS) is 13.5. The Bertz CT molecular complexity index is 1270. The zero-order chi connectivity index (χ0) is 23.7. The molecule has 0 bridgehead atoms. The average molecular weight is 493 g/mol. The molecule has 0 aliphatic heterocycles. The van der Waals surface area contributed by atoms with Gasteiger partial charge in [-0.05, 0) is 48.6 Å². The molecule has 2 aromatic carbocycles. The second-order valence-corrected chi connectivity index (χ2v) is 8.22. The fourth-order valence-electron chi connectivity index (χ4n) is 3.78. The van der Waals surface area contributed by atoms with Gasteiger partial charge in [0.05, 0.1) is 33.0 Å². The summed E-state index contributed by atoms with van der Waals surface area (Å²) in [6, 6.07) is 8.77. The van der Waals surface area contributed by atoms with Gasteiger partial charge in [-0.25, -0.2) is 18.2 Å². The van der Waals surface area contributed by atoms with Crippen LogP contribution in [0, 0.1) is 17.5 Å². The van der Waals surface area contributed by atoms with Gasteiger partial charge >= 0.3 is 0 Å². The standard InChI is InChI=1S/C24H16Cl2F3NO3/c25-17-9-15(13-3-1-4-14(13)21-5-2-6-22(30-21)24(31)32)23(10-18(17)26)33-11-16-19(28)7-12(27)8-20(16)29/h2,5-10H,1,3-4,11H2,(H,31,32)/p-1. The molecule has 9 heteroatoms. The van der Waals surface area contributed by atoms with E-state index in [0.717, 1.165) is 17.6 Å². The highest BCUT2D eigenvalue weighted by Gasteiger charge is 2.23. The number of carbonyl (C=O) groups is 1. The Hall–Kier alpha value is -3.03. The lowest BCUT2D eigenvalue weighted by Crippen LogP contribution is -2.23. The van der Waals surface area contributed by atoms with E-state index in [2.05, 4.69) is 4.98 Å². The molecule has 0 saturated heterocycles. The first kappa shape index (κ1) is 23.1. The molecule has 0 saturated carbocycles. The van der Waals surface area contributed by atoms with E-state index in [-0.39, 0.29) is 21.5 Å². The van der Waals surface area contributed by atoms with Crippen LogP contribution in [0.3, 0.4) is 0 Å². The van der Waals surface area contributed by atoms with Crippen molar-refractivity contribution in [3.05, 3.63) is 92.5 Å². The number of halogens is 5. The highest BCUT2D eigenvalue weighted by atomic mass is 35.5. The number of hydrogen-bond donors (Lipinski definition) is 0. The number of pyridine rings is 1. The number of rotatable bonds is 6. The van der Waals surface area contributed by atoms with E-state index in [4.69, 9.17) is 27.9 Å². The summed E-state index contributed by atoms with van der Waals surface area (Å²) in [5.41, 5.74) is 1.97. The van der Waals surface area contributed by atoms with Crippen LogP contribution < -0.4 is 9.84 Å². The summed E-state index contributed by atoms with van der Waals surface area (Å²) in [5, 5.41) is 11.6. The van der Waals surface area contributed by atoms with Gasteiger partial charge in [0.2, 0.25) is 0 Å². The third-order valence-corrected chi connectivity index (χ3v) is 6.03. The minimum atomic E-state index is -1.39. The molecule has 4 rings (SSSR count). The first-order chi connectivity index (χ1) is 15.7. The Morgan fingerprint density at radius 2 is 1.67 bits per heavy atom. The topological polar surface area (TPSA) is 62.2 Å². The Morgan fingerprint density at radius 1 is 1.00 bits per heavy atom. The van der Waals surface area contributed by atoms with Crippen LogP contribution in [-0.2, 0) is 6.61 Å². The smallest absolute Gasteiger partial charge is 0.135 e. The number of aromatic nitrogens is 1. The van der Waals surface area contributed by atoms with Crippen molar-refractivity contribution < 1.29 is 27.8 Å². The minimum absolute atomic E-state index is 0.174. The predicted molar refractivity (Wildman–Crippen MR) is 116 cm³/mol. The number of aromatic carboxylic acids is 1. The van der Waals surface area contributed by atoms with E-state index in [1.807, 2.05) is 0 Å². The molecule has 0 spiro atoms. The Kier molecular flexibility index (Phi) is 6.63. The molecule has 170 valence electrons. The van der Waals surface area contributed by atoms with Gasteiger partial charge in [0.25, 0.3) is 0 Å². The molecular formula is C24H15Cl2F3NO3-. The van der Waals surface area contributed by atoms with Crippen LogP contribution in [0.1, 0.15) is 46.6 Å². The van der Waals surface area contributed by atoms with Crippen LogP contribution in [0.25, 0.3) is 11.1 Å². The number of allylic oxidation sites excluding steroid dienone is 2. The van der Waals surface area contributed by atoms with Gasteiger partial charge in [-0.2, -0.15) is 0 Å². The van der Waals surface area contributed by atoms with E-state index in [1.54, 1.807) is 18.2 Å². The zero-order valence-corrected chi connectivity index (χ0v) is 18.4. The number of ether oxygens (including phenoxy) is 1. The maximum atomic E-state index is 14.1. The molecule has 1 aliphatic carbocycles. The lowest BCUT2D eigenvalue weighted by atomic mass is 9.98. The summed E-state index contributed by atoms with van der Waals surface area (Å²) in [6.45, 7) is -0.510. The number of hydrogen-bond acceptors (Lipinski definition) is 4. The van der Waals surface area contributed by atoms with Crippen LogP contribution in [0.4, 0.5) is 13.2 Å². The lowest BCUT2D eigenvalue weighted by Gasteiger charge is -2.16. The van der Waals surface area contributed by atoms with Gasteiger partial charge in [0, 0.05) is 23.8 Å². The fraction of sp³-hybridized carbons (Fsp3) is 0.167.